The molecule has 0 aliphatic heterocycles. The van der Waals surface area contributed by atoms with Crippen LogP contribution in [0.15, 0.2) is 48.7 Å². The summed E-state index contributed by atoms with van der Waals surface area (Å²) in [5.74, 6) is -0.438. The number of aromatic nitrogens is 2. The molecule has 2 N–H and O–H groups in total. The van der Waals surface area contributed by atoms with Crippen LogP contribution in [0.4, 0.5) is 5.69 Å². The quantitative estimate of drug-likeness (QED) is 0.571. The molecule has 0 amide bonds. The average Bonchev–Trinajstić information content (AvgIpc) is 2.90. The van der Waals surface area contributed by atoms with Crippen molar-refractivity contribution in [2.75, 3.05) is 12.8 Å². The van der Waals surface area contributed by atoms with E-state index in [4.69, 9.17) is 10.5 Å². The summed E-state index contributed by atoms with van der Waals surface area (Å²) in [6.07, 6.45) is 1.74. The van der Waals surface area contributed by atoms with Gasteiger partial charge in [-0.2, -0.15) is 5.10 Å². The molecule has 0 aliphatic rings. The first-order valence-corrected chi connectivity index (χ1v) is 6.12. The second-order valence-corrected chi connectivity index (χ2v) is 4.35. The lowest BCUT2D eigenvalue weighted by Crippen LogP contribution is -2.11. The van der Waals surface area contributed by atoms with Gasteiger partial charge >= 0.3 is 5.97 Å². The number of hydrogen-bond acceptors (Lipinski definition) is 4. The molecule has 0 fully saturated rings. The number of nitrogens with two attached hydrogens (primary N) is 1. The standard InChI is InChI=1S/C15H13N3O2/c1-20-15(19)11-6-4-7-12(16)14(11)18-13-8-3-2-5-10(13)9-17-18/h2-9H,16H2,1H3. The highest BCUT2D eigenvalue weighted by Crippen LogP contribution is 2.26. The van der Waals surface area contributed by atoms with E-state index in [-0.39, 0.29) is 0 Å². The van der Waals surface area contributed by atoms with Gasteiger partial charge in [0, 0.05) is 5.39 Å². The Balaban J connectivity index is 2.31. The molecular weight excluding hydrogens is 254 g/mol. The smallest absolute Gasteiger partial charge is 0.340 e. The number of nitrogen functional groups attached to an aromatic ring is 1. The number of rotatable bonds is 2. The highest BCUT2D eigenvalue weighted by Gasteiger charge is 2.17. The molecule has 0 saturated heterocycles. The normalized spacial score (nSPS) is 10.7. The summed E-state index contributed by atoms with van der Waals surface area (Å²) in [6.45, 7) is 0. The van der Waals surface area contributed by atoms with Crippen LogP contribution in [-0.2, 0) is 4.74 Å². The van der Waals surface area contributed by atoms with Gasteiger partial charge in [0.05, 0.1) is 30.1 Å². The monoisotopic (exact) mass is 267 g/mol. The van der Waals surface area contributed by atoms with E-state index in [1.54, 1.807) is 29.1 Å². The van der Waals surface area contributed by atoms with Crippen molar-refractivity contribution in [2.45, 2.75) is 0 Å². The first-order chi connectivity index (χ1) is 9.72. The van der Waals surface area contributed by atoms with E-state index >= 15 is 0 Å². The Morgan fingerprint density at radius 3 is 2.80 bits per heavy atom. The van der Waals surface area contributed by atoms with Crippen molar-refractivity contribution in [3.8, 4) is 5.69 Å². The number of carbonyl (C=O) groups excluding carboxylic acids is 1. The first kappa shape index (κ1) is 12.2. The number of ether oxygens (including phenoxy) is 1. The molecule has 5 nitrogen and oxygen atoms in total. The third-order valence-electron chi connectivity index (χ3n) is 3.16. The molecule has 5 heteroatoms. The molecule has 0 atom stereocenters. The number of benzene rings is 2. The van der Waals surface area contributed by atoms with E-state index < -0.39 is 5.97 Å². The number of fused-ring (bicyclic) bond motifs is 1. The van der Waals surface area contributed by atoms with Crippen molar-refractivity contribution < 1.29 is 9.53 Å². The molecule has 0 spiro atoms. The van der Waals surface area contributed by atoms with Crippen LogP contribution in [0, 0.1) is 0 Å². The van der Waals surface area contributed by atoms with Crippen molar-refractivity contribution in [3.05, 3.63) is 54.2 Å². The summed E-state index contributed by atoms with van der Waals surface area (Å²) in [6, 6.07) is 12.9. The fourth-order valence-electron chi connectivity index (χ4n) is 2.22. The zero-order chi connectivity index (χ0) is 14.1. The summed E-state index contributed by atoms with van der Waals surface area (Å²) in [5, 5.41) is 5.31. The lowest BCUT2D eigenvalue weighted by atomic mass is 10.1. The van der Waals surface area contributed by atoms with Gasteiger partial charge in [0.1, 0.15) is 5.69 Å². The van der Waals surface area contributed by atoms with Gasteiger partial charge in [0.25, 0.3) is 0 Å². The third kappa shape index (κ3) is 1.80. The Kier molecular flexibility index (Phi) is 2.87. The second-order valence-electron chi connectivity index (χ2n) is 4.35. The number of hydrogen-bond donors (Lipinski definition) is 1. The molecule has 3 aromatic rings. The van der Waals surface area contributed by atoms with Gasteiger partial charge < -0.3 is 10.5 Å². The van der Waals surface area contributed by atoms with E-state index in [2.05, 4.69) is 5.10 Å². The van der Waals surface area contributed by atoms with Crippen LogP contribution < -0.4 is 5.73 Å². The molecule has 2 aromatic carbocycles. The van der Waals surface area contributed by atoms with E-state index in [0.29, 0.717) is 16.9 Å². The van der Waals surface area contributed by atoms with Crippen LogP contribution in [-0.4, -0.2) is 22.9 Å². The molecule has 0 radical (unpaired) electrons. The molecule has 1 heterocycles. The van der Waals surface area contributed by atoms with Gasteiger partial charge in [0.15, 0.2) is 0 Å². The van der Waals surface area contributed by atoms with Crippen molar-refractivity contribution in [1.29, 1.82) is 0 Å². The minimum absolute atomic E-state index is 0.390. The fourth-order valence-corrected chi connectivity index (χ4v) is 2.22. The predicted octanol–water partition coefficient (Wildman–Crippen LogP) is 2.39. The number of para-hydroxylation sites is 2. The van der Waals surface area contributed by atoms with Gasteiger partial charge in [-0.25, -0.2) is 9.48 Å². The minimum atomic E-state index is -0.438. The Morgan fingerprint density at radius 2 is 2.00 bits per heavy atom. The molecular formula is C15H13N3O2. The minimum Gasteiger partial charge on any atom is -0.465 e. The van der Waals surface area contributed by atoms with Gasteiger partial charge in [-0.05, 0) is 18.2 Å². The zero-order valence-electron chi connectivity index (χ0n) is 10.9. The maximum Gasteiger partial charge on any atom is 0.340 e. The lowest BCUT2D eigenvalue weighted by molar-refractivity contribution is 0.0600. The van der Waals surface area contributed by atoms with Crippen LogP contribution in [0.25, 0.3) is 16.6 Å². The molecule has 20 heavy (non-hydrogen) atoms. The topological polar surface area (TPSA) is 70.1 Å². The highest BCUT2D eigenvalue weighted by atomic mass is 16.5. The summed E-state index contributed by atoms with van der Waals surface area (Å²) in [5.41, 5.74) is 8.32. The van der Waals surface area contributed by atoms with Gasteiger partial charge in [-0.15, -0.1) is 0 Å². The molecule has 3 rings (SSSR count). The Bertz CT molecular complexity index is 793. The van der Waals surface area contributed by atoms with Gasteiger partial charge in [0.2, 0.25) is 0 Å². The Labute approximate surface area is 115 Å². The largest absolute Gasteiger partial charge is 0.465 e. The lowest BCUT2D eigenvalue weighted by Gasteiger charge is -2.11. The van der Waals surface area contributed by atoms with Crippen molar-refractivity contribution >= 4 is 22.6 Å². The van der Waals surface area contributed by atoms with Crippen molar-refractivity contribution in [1.82, 2.24) is 9.78 Å². The number of methoxy groups -OCH3 is 1. The Morgan fingerprint density at radius 1 is 1.20 bits per heavy atom. The predicted molar refractivity (Wildman–Crippen MR) is 76.8 cm³/mol. The maximum absolute atomic E-state index is 11.9. The Hall–Kier alpha value is -2.82. The van der Waals surface area contributed by atoms with Gasteiger partial charge in [-0.1, -0.05) is 24.3 Å². The van der Waals surface area contributed by atoms with Crippen LogP contribution in [0.2, 0.25) is 0 Å². The number of nitrogens with zero attached hydrogens (tertiary/aromatic N) is 2. The summed E-state index contributed by atoms with van der Waals surface area (Å²) in [4.78, 5) is 11.9. The summed E-state index contributed by atoms with van der Waals surface area (Å²) >= 11 is 0. The molecule has 1 aromatic heterocycles. The summed E-state index contributed by atoms with van der Waals surface area (Å²) < 4.78 is 6.47. The molecule has 0 saturated carbocycles. The van der Waals surface area contributed by atoms with E-state index in [1.165, 1.54) is 7.11 Å². The maximum atomic E-state index is 11.9. The molecule has 0 unspecified atom stereocenters. The van der Waals surface area contributed by atoms with Crippen molar-refractivity contribution in [2.24, 2.45) is 0 Å². The number of esters is 1. The van der Waals surface area contributed by atoms with E-state index in [1.807, 2.05) is 24.3 Å². The molecule has 0 aliphatic carbocycles. The SMILES string of the molecule is COC(=O)c1cccc(N)c1-n1ncc2ccccc21. The van der Waals surface area contributed by atoms with Gasteiger partial charge in [-0.3, -0.25) is 0 Å². The summed E-state index contributed by atoms with van der Waals surface area (Å²) in [7, 11) is 1.34. The zero-order valence-corrected chi connectivity index (χ0v) is 10.9. The first-order valence-electron chi connectivity index (χ1n) is 6.12. The second kappa shape index (κ2) is 4.70. The van der Waals surface area contributed by atoms with E-state index in [0.717, 1.165) is 10.9 Å². The van der Waals surface area contributed by atoms with Crippen LogP contribution >= 0.6 is 0 Å². The number of carbonyl (C=O) groups is 1. The van der Waals surface area contributed by atoms with Crippen molar-refractivity contribution in [3.63, 3.8) is 0 Å². The third-order valence-corrected chi connectivity index (χ3v) is 3.16. The fraction of sp³-hybridized carbons (Fsp3) is 0.0667. The van der Waals surface area contributed by atoms with Crippen LogP contribution in [0.5, 0.6) is 0 Å². The molecule has 100 valence electrons. The van der Waals surface area contributed by atoms with Crippen LogP contribution in [0.1, 0.15) is 10.4 Å². The number of anilines is 1. The average molecular weight is 267 g/mol. The van der Waals surface area contributed by atoms with Crippen LogP contribution in [0.3, 0.4) is 0 Å². The molecule has 0 bridgehead atoms. The highest BCUT2D eigenvalue weighted by molar-refractivity contribution is 5.97. The van der Waals surface area contributed by atoms with E-state index in [9.17, 15) is 4.79 Å².